The summed E-state index contributed by atoms with van der Waals surface area (Å²) in [5.41, 5.74) is 1.22. The van der Waals surface area contributed by atoms with Gasteiger partial charge in [0, 0.05) is 39.1 Å². The number of amides is 1. The predicted molar refractivity (Wildman–Crippen MR) is 135 cm³/mol. The molecule has 1 fully saturated rings. The molecule has 1 aromatic carbocycles. The topological polar surface area (TPSA) is 96.7 Å². The fourth-order valence-corrected chi connectivity index (χ4v) is 3.53. The molecule has 1 saturated heterocycles. The normalized spacial score (nSPS) is 15.9. The minimum Gasteiger partial charge on any atom is -0.497 e. The molecular formula is C22H34IN7O2. The van der Waals surface area contributed by atoms with Crippen LogP contribution in [0.3, 0.4) is 0 Å². The summed E-state index contributed by atoms with van der Waals surface area (Å²) in [6.07, 6.45) is 2.31. The van der Waals surface area contributed by atoms with E-state index in [0.717, 1.165) is 49.3 Å². The van der Waals surface area contributed by atoms with Crippen LogP contribution in [0.15, 0.2) is 29.3 Å². The van der Waals surface area contributed by atoms with Gasteiger partial charge in [-0.2, -0.15) is 0 Å². The van der Waals surface area contributed by atoms with E-state index in [1.54, 1.807) is 7.11 Å². The zero-order chi connectivity index (χ0) is 22.2. The van der Waals surface area contributed by atoms with Crippen molar-refractivity contribution < 1.29 is 9.53 Å². The van der Waals surface area contributed by atoms with Crippen LogP contribution in [0.4, 0.5) is 0 Å². The Morgan fingerprint density at radius 3 is 2.66 bits per heavy atom. The third-order valence-corrected chi connectivity index (χ3v) is 5.61. The maximum atomic E-state index is 12.0. The van der Waals surface area contributed by atoms with Crippen LogP contribution in [0, 0.1) is 6.92 Å². The summed E-state index contributed by atoms with van der Waals surface area (Å²) in [6.45, 7) is 6.48. The number of benzene rings is 1. The van der Waals surface area contributed by atoms with Crippen molar-refractivity contribution in [3.05, 3.63) is 41.5 Å². The first-order valence-electron chi connectivity index (χ1n) is 10.8. The Kier molecular flexibility index (Phi) is 10.2. The number of hydrogen-bond acceptors (Lipinski definition) is 5. The van der Waals surface area contributed by atoms with E-state index in [4.69, 9.17) is 9.73 Å². The van der Waals surface area contributed by atoms with E-state index in [9.17, 15) is 4.79 Å². The molecule has 10 heteroatoms. The lowest BCUT2D eigenvalue weighted by Crippen LogP contribution is -2.45. The Balaban J connectivity index is 0.00000363. The van der Waals surface area contributed by atoms with Gasteiger partial charge in [-0.1, -0.05) is 19.1 Å². The average molecular weight is 555 g/mol. The van der Waals surface area contributed by atoms with Crippen LogP contribution in [-0.4, -0.2) is 64.3 Å². The molecule has 1 aliphatic rings. The molecule has 0 bridgehead atoms. The molecular weight excluding hydrogens is 521 g/mol. The zero-order valence-electron chi connectivity index (χ0n) is 19.3. The SMILES string of the molecule is CCC(=O)N1CCC(NC(=NCc2nnc(C)n2C)NCCc2ccc(OC)cc2)C1.I. The van der Waals surface area contributed by atoms with Gasteiger partial charge in [-0.3, -0.25) is 4.79 Å². The van der Waals surface area contributed by atoms with Gasteiger partial charge in [-0.15, -0.1) is 34.2 Å². The number of aliphatic imine (C=N–C) groups is 1. The van der Waals surface area contributed by atoms with E-state index in [1.807, 2.05) is 42.5 Å². The van der Waals surface area contributed by atoms with E-state index in [1.165, 1.54) is 5.56 Å². The summed E-state index contributed by atoms with van der Waals surface area (Å²) in [6, 6.07) is 8.26. The number of aromatic nitrogens is 3. The molecule has 1 amide bonds. The maximum absolute atomic E-state index is 12.0. The first-order chi connectivity index (χ1) is 15.0. The van der Waals surface area contributed by atoms with Crippen LogP contribution in [0.1, 0.15) is 37.0 Å². The molecule has 1 aromatic heterocycles. The zero-order valence-corrected chi connectivity index (χ0v) is 21.6. The van der Waals surface area contributed by atoms with E-state index in [2.05, 4.69) is 33.0 Å². The Morgan fingerprint density at radius 1 is 1.28 bits per heavy atom. The quantitative estimate of drug-likeness (QED) is 0.294. The van der Waals surface area contributed by atoms with Gasteiger partial charge >= 0.3 is 0 Å². The third kappa shape index (κ3) is 7.07. The number of likely N-dealkylation sites (tertiary alicyclic amines) is 1. The number of nitrogens with one attached hydrogen (secondary N) is 2. The average Bonchev–Trinajstić information content (AvgIpc) is 3.38. The van der Waals surface area contributed by atoms with E-state index in [0.29, 0.717) is 19.5 Å². The van der Waals surface area contributed by atoms with Crippen molar-refractivity contribution in [2.45, 2.75) is 45.7 Å². The monoisotopic (exact) mass is 555 g/mol. The van der Waals surface area contributed by atoms with Crippen molar-refractivity contribution in [2.75, 3.05) is 26.7 Å². The van der Waals surface area contributed by atoms with Gasteiger partial charge in [0.25, 0.3) is 0 Å². The summed E-state index contributed by atoms with van der Waals surface area (Å²) >= 11 is 0. The third-order valence-electron chi connectivity index (χ3n) is 5.61. The number of rotatable bonds is 8. The number of aryl methyl sites for hydroxylation is 1. The molecule has 1 unspecified atom stereocenters. The number of methoxy groups -OCH3 is 1. The molecule has 2 aromatic rings. The molecule has 3 rings (SSSR count). The lowest BCUT2D eigenvalue weighted by Gasteiger charge is -2.19. The van der Waals surface area contributed by atoms with Crippen molar-refractivity contribution in [2.24, 2.45) is 12.0 Å². The standard InChI is InChI=1S/C22H33N7O2.HI/c1-5-21(30)29-13-11-18(15-29)25-22(24-14-20-27-26-16(2)28(20)3)23-12-10-17-6-8-19(31-4)9-7-17;/h6-9,18H,5,10-15H2,1-4H3,(H2,23,24,25);1H. The molecule has 2 N–H and O–H groups in total. The Bertz CT molecular complexity index is 898. The second-order valence-electron chi connectivity index (χ2n) is 7.74. The van der Waals surface area contributed by atoms with Crippen molar-refractivity contribution in [1.82, 2.24) is 30.3 Å². The fourth-order valence-electron chi connectivity index (χ4n) is 3.53. The van der Waals surface area contributed by atoms with Gasteiger partial charge in [0.1, 0.15) is 18.1 Å². The van der Waals surface area contributed by atoms with Crippen LogP contribution in [0.25, 0.3) is 0 Å². The summed E-state index contributed by atoms with van der Waals surface area (Å²) in [5, 5.41) is 15.2. The first kappa shape index (κ1) is 25.9. The molecule has 32 heavy (non-hydrogen) atoms. The fraction of sp³-hybridized carbons (Fsp3) is 0.545. The highest BCUT2D eigenvalue weighted by Gasteiger charge is 2.25. The molecule has 2 heterocycles. The van der Waals surface area contributed by atoms with Gasteiger partial charge in [0.15, 0.2) is 11.8 Å². The summed E-state index contributed by atoms with van der Waals surface area (Å²) in [7, 11) is 3.61. The van der Waals surface area contributed by atoms with Crippen LogP contribution >= 0.6 is 24.0 Å². The van der Waals surface area contributed by atoms with Crippen molar-refractivity contribution >= 4 is 35.8 Å². The molecule has 0 spiro atoms. The lowest BCUT2D eigenvalue weighted by molar-refractivity contribution is -0.129. The maximum Gasteiger partial charge on any atom is 0.222 e. The number of guanidine groups is 1. The molecule has 0 radical (unpaired) electrons. The number of carbonyl (C=O) groups excluding carboxylic acids is 1. The molecule has 176 valence electrons. The van der Waals surface area contributed by atoms with Crippen LogP contribution in [-0.2, 0) is 24.8 Å². The highest BCUT2D eigenvalue weighted by Crippen LogP contribution is 2.12. The largest absolute Gasteiger partial charge is 0.497 e. The van der Waals surface area contributed by atoms with Crippen molar-refractivity contribution in [3.8, 4) is 5.75 Å². The van der Waals surface area contributed by atoms with Gasteiger partial charge in [-0.25, -0.2) is 4.99 Å². The van der Waals surface area contributed by atoms with Crippen LogP contribution in [0.5, 0.6) is 5.75 Å². The highest BCUT2D eigenvalue weighted by molar-refractivity contribution is 14.0. The minimum atomic E-state index is 0. The Hall–Kier alpha value is -2.37. The van der Waals surface area contributed by atoms with E-state index < -0.39 is 0 Å². The molecule has 9 nitrogen and oxygen atoms in total. The second-order valence-corrected chi connectivity index (χ2v) is 7.74. The predicted octanol–water partition coefficient (Wildman–Crippen LogP) is 2.04. The highest BCUT2D eigenvalue weighted by atomic mass is 127. The summed E-state index contributed by atoms with van der Waals surface area (Å²) in [4.78, 5) is 18.6. The second kappa shape index (κ2) is 12.6. The Morgan fingerprint density at radius 2 is 2.03 bits per heavy atom. The number of hydrogen-bond donors (Lipinski definition) is 2. The van der Waals surface area contributed by atoms with Gasteiger partial charge in [-0.05, 0) is 37.5 Å². The molecule has 1 atom stereocenters. The summed E-state index contributed by atoms with van der Waals surface area (Å²) < 4.78 is 7.16. The number of halogens is 1. The number of nitrogens with zero attached hydrogens (tertiary/aromatic N) is 5. The van der Waals surface area contributed by atoms with Crippen molar-refractivity contribution in [3.63, 3.8) is 0 Å². The van der Waals surface area contributed by atoms with Gasteiger partial charge in [0.05, 0.1) is 7.11 Å². The first-order valence-corrected chi connectivity index (χ1v) is 10.8. The Labute approximate surface area is 207 Å². The van der Waals surface area contributed by atoms with Gasteiger partial charge < -0.3 is 24.8 Å². The van der Waals surface area contributed by atoms with Crippen LogP contribution in [0.2, 0.25) is 0 Å². The number of ether oxygens (including phenoxy) is 1. The van der Waals surface area contributed by atoms with Crippen molar-refractivity contribution in [1.29, 1.82) is 0 Å². The smallest absolute Gasteiger partial charge is 0.222 e. The molecule has 0 saturated carbocycles. The lowest BCUT2D eigenvalue weighted by atomic mass is 10.1. The summed E-state index contributed by atoms with van der Waals surface area (Å²) in [5.74, 6) is 3.45. The van der Waals surface area contributed by atoms with Gasteiger partial charge in [0.2, 0.25) is 5.91 Å². The minimum absolute atomic E-state index is 0. The molecule has 0 aliphatic carbocycles. The van der Waals surface area contributed by atoms with Crippen LogP contribution < -0.4 is 15.4 Å². The molecule has 1 aliphatic heterocycles. The van der Waals surface area contributed by atoms with E-state index >= 15 is 0 Å². The number of carbonyl (C=O) groups is 1. The van der Waals surface area contributed by atoms with E-state index in [-0.39, 0.29) is 35.9 Å².